The summed E-state index contributed by atoms with van der Waals surface area (Å²) in [7, 11) is 0. The minimum absolute atomic E-state index is 0.0515. The molecule has 2 nitrogen and oxygen atoms in total. The fourth-order valence-electron chi connectivity index (χ4n) is 1.54. The maximum absolute atomic E-state index is 13.4. The van der Waals surface area contributed by atoms with Crippen molar-refractivity contribution in [1.29, 1.82) is 0 Å². The largest absolute Gasteiger partial charge is 0.485 e. The highest BCUT2D eigenvalue weighted by molar-refractivity contribution is 9.10. The Hall–Kier alpha value is -1.69. The number of hydrogen-bond donors (Lipinski definition) is 1. The quantitative estimate of drug-likeness (QED) is 0.862. The maximum Gasteiger partial charge on any atom is 0.157 e. The highest BCUT2D eigenvalue weighted by atomic mass is 79.9. The molecule has 19 heavy (non-hydrogen) atoms. The number of hydrogen-bond acceptors (Lipinski definition) is 2. The zero-order valence-corrected chi connectivity index (χ0v) is 11.2. The first-order valence-electron chi connectivity index (χ1n) is 5.28. The predicted octanol–water partition coefficient (Wildman–Crippen LogP) is 4.03. The first kappa shape index (κ1) is 13.7. The number of nitrogens with two attached hydrogens (primary N) is 1. The van der Waals surface area contributed by atoms with E-state index < -0.39 is 17.5 Å². The first-order valence-corrected chi connectivity index (χ1v) is 6.08. The van der Waals surface area contributed by atoms with Crippen LogP contribution in [0.5, 0.6) is 5.75 Å². The lowest BCUT2D eigenvalue weighted by atomic mass is 10.2. The number of anilines is 1. The van der Waals surface area contributed by atoms with Crippen molar-refractivity contribution in [3.05, 3.63) is 57.8 Å². The number of benzene rings is 2. The van der Waals surface area contributed by atoms with E-state index in [1.807, 2.05) is 0 Å². The summed E-state index contributed by atoms with van der Waals surface area (Å²) in [5.74, 6) is -1.48. The van der Waals surface area contributed by atoms with E-state index in [9.17, 15) is 13.2 Å². The van der Waals surface area contributed by atoms with Gasteiger partial charge in [0.2, 0.25) is 0 Å². The number of rotatable bonds is 3. The molecule has 2 aromatic carbocycles. The minimum Gasteiger partial charge on any atom is -0.485 e. The Kier molecular flexibility index (Phi) is 3.99. The average Bonchev–Trinajstić information content (AvgIpc) is 2.32. The van der Waals surface area contributed by atoms with Gasteiger partial charge in [0.25, 0.3) is 0 Å². The Bertz CT molecular complexity index is 596. The Balaban J connectivity index is 2.21. The predicted molar refractivity (Wildman–Crippen MR) is 69.2 cm³/mol. The van der Waals surface area contributed by atoms with Gasteiger partial charge in [-0.3, -0.25) is 0 Å². The Morgan fingerprint density at radius 3 is 2.47 bits per heavy atom. The molecule has 0 amide bonds. The lowest BCUT2D eigenvalue weighted by molar-refractivity contribution is 0.298. The molecule has 2 rings (SSSR count). The second-order valence-electron chi connectivity index (χ2n) is 3.83. The van der Waals surface area contributed by atoms with Crippen LogP contribution < -0.4 is 10.5 Å². The molecule has 0 heterocycles. The third-order valence-electron chi connectivity index (χ3n) is 2.42. The third kappa shape index (κ3) is 3.20. The van der Waals surface area contributed by atoms with Crippen LogP contribution in [0, 0.1) is 17.5 Å². The van der Waals surface area contributed by atoms with E-state index in [1.54, 1.807) is 0 Å². The van der Waals surface area contributed by atoms with Gasteiger partial charge in [-0.2, -0.15) is 0 Å². The molecule has 6 heteroatoms. The average molecular weight is 332 g/mol. The van der Waals surface area contributed by atoms with Crippen molar-refractivity contribution in [2.24, 2.45) is 0 Å². The fourth-order valence-corrected chi connectivity index (χ4v) is 2.10. The number of halogens is 4. The maximum atomic E-state index is 13.4. The molecule has 0 saturated carbocycles. The highest BCUT2D eigenvalue weighted by Crippen LogP contribution is 2.33. The molecule has 0 aliphatic heterocycles. The van der Waals surface area contributed by atoms with Crippen molar-refractivity contribution >= 4 is 21.6 Å². The van der Waals surface area contributed by atoms with Gasteiger partial charge in [0.1, 0.15) is 24.1 Å². The van der Waals surface area contributed by atoms with Gasteiger partial charge in [-0.25, -0.2) is 13.2 Å². The van der Waals surface area contributed by atoms with Gasteiger partial charge in [0.15, 0.2) is 5.75 Å². The Morgan fingerprint density at radius 2 is 1.79 bits per heavy atom. The van der Waals surface area contributed by atoms with Gasteiger partial charge in [-0.05, 0) is 40.2 Å². The molecule has 0 unspecified atom stereocenters. The van der Waals surface area contributed by atoms with E-state index in [0.717, 1.165) is 24.3 Å². The van der Waals surface area contributed by atoms with Crippen LogP contribution in [0.1, 0.15) is 5.56 Å². The summed E-state index contributed by atoms with van der Waals surface area (Å²) in [5.41, 5.74) is 5.72. The zero-order valence-electron chi connectivity index (χ0n) is 9.59. The van der Waals surface area contributed by atoms with E-state index in [0.29, 0.717) is 4.47 Å². The second kappa shape index (κ2) is 5.52. The summed E-state index contributed by atoms with van der Waals surface area (Å²) in [4.78, 5) is 0. The van der Waals surface area contributed by atoms with E-state index in [4.69, 9.17) is 10.5 Å². The highest BCUT2D eigenvalue weighted by Gasteiger charge is 2.11. The van der Waals surface area contributed by atoms with E-state index in [2.05, 4.69) is 15.9 Å². The van der Waals surface area contributed by atoms with Crippen molar-refractivity contribution in [2.45, 2.75) is 6.61 Å². The molecular weight excluding hydrogens is 323 g/mol. The van der Waals surface area contributed by atoms with Gasteiger partial charge in [-0.15, -0.1) is 0 Å². The molecule has 0 saturated heterocycles. The van der Waals surface area contributed by atoms with Gasteiger partial charge >= 0.3 is 0 Å². The molecule has 0 atom stereocenters. The topological polar surface area (TPSA) is 35.2 Å². The number of ether oxygens (including phenoxy) is 1. The molecule has 2 aromatic rings. The monoisotopic (exact) mass is 331 g/mol. The molecule has 0 spiro atoms. The van der Waals surface area contributed by atoms with E-state index >= 15 is 0 Å². The fraction of sp³-hybridized carbons (Fsp3) is 0.0769. The van der Waals surface area contributed by atoms with Gasteiger partial charge in [-0.1, -0.05) is 0 Å². The molecule has 0 aliphatic carbocycles. The zero-order chi connectivity index (χ0) is 14.0. The molecule has 2 N–H and O–H groups in total. The summed E-state index contributed by atoms with van der Waals surface area (Å²) < 4.78 is 45.0. The van der Waals surface area contributed by atoms with Gasteiger partial charge in [0, 0.05) is 11.6 Å². The SMILES string of the molecule is Nc1cc(F)cc(Br)c1OCc1cc(F)ccc1F. The lowest BCUT2D eigenvalue weighted by Crippen LogP contribution is -2.02. The molecule has 0 radical (unpaired) electrons. The van der Waals surface area contributed by atoms with Crippen LogP contribution in [0.4, 0.5) is 18.9 Å². The van der Waals surface area contributed by atoms with Crippen LogP contribution in [0.2, 0.25) is 0 Å². The van der Waals surface area contributed by atoms with E-state index in [1.165, 1.54) is 6.07 Å². The van der Waals surface area contributed by atoms with Crippen LogP contribution in [0.25, 0.3) is 0 Å². The Labute approximate surface area is 116 Å². The van der Waals surface area contributed by atoms with E-state index in [-0.39, 0.29) is 23.6 Å². The summed E-state index contributed by atoms with van der Waals surface area (Å²) in [6.45, 7) is -0.210. The molecule has 0 bridgehead atoms. The van der Waals surface area contributed by atoms with Crippen molar-refractivity contribution in [2.75, 3.05) is 5.73 Å². The summed E-state index contributed by atoms with van der Waals surface area (Å²) in [6.07, 6.45) is 0. The minimum atomic E-state index is -0.585. The smallest absolute Gasteiger partial charge is 0.157 e. The van der Waals surface area contributed by atoms with Crippen molar-refractivity contribution in [1.82, 2.24) is 0 Å². The van der Waals surface area contributed by atoms with Gasteiger partial charge < -0.3 is 10.5 Å². The molecule has 0 fully saturated rings. The van der Waals surface area contributed by atoms with Crippen LogP contribution in [0.3, 0.4) is 0 Å². The van der Waals surface area contributed by atoms with Crippen LogP contribution in [-0.2, 0) is 6.61 Å². The van der Waals surface area contributed by atoms with Crippen LogP contribution in [-0.4, -0.2) is 0 Å². The first-order chi connectivity index (χ1) is 8.97. The molecular formula is C13H9BrF3NO. The van der Waals surface area contributed by atoms with Crippen molar-refractivity contribution in [3.63, 3.8) is 0 Å². The summed E-state index contributed by atoms with van der Waals surface area (Å²) in [6, 6.07) is 5.32. The summed E-state index contributed by atoms with van der Waals surface area (Å²) >= 11 is 3.09. The van der Waals surface area contributed by atoms with Gasteiger partial charge in [0.05, 0.1) is 10.2 Å². The Morgan fingerprint density at radius 1 is 1.05 bits per heavy atom. The molecule has 0 aliphatic rings. The second-order valence-corrected chi connectivity index (χ2v) is 4.68. The number of nitrogen functional groups attached to an aromatic ring is 1. The summed E-state index contributed by atoms with van der Waals surface area (Å²) in [5, 5.41) is 0. The van der Waals surface area contributed by atoms with Crippen molar-refractivity contribution < 1.29 is 17.9 Å². The standard InChI is InChI=1S/C13H9BrF3NO/c14-10-4-9(16)5-12(18)13(10)19-6-7-3-8(15)1-2-11(7)17/h1-5H,6,18H2. The van der Waals surface area contributed by atoms with Crippen molar-refractivity contribution in [3.8, 4) is 5.75 Å². The van der Waals surface area contributed by atoms with Crippen LogP contribution in [0.15, 0.2) is 34.8 Å². The molecule has 100 valence electrons. The third-order valence-corrected chi connectivity index (χ3v) is 3.01. The molecule has 0 aromatic heterocycles. The normalized spacial score (nSPS) is 10.5. The lowest BCUT2D eigenvalue weighted by Gasteiger charge is -2.11. The van der Waals surface area contributed by atoms with Crippen LogP contribution >= 0.6 is 15.9 Å².